The first-order chi connectivity index (χ1) is 7.75. The van der Waals surface area contributed by atoms with Crippen molar-refractivity contribution in [3.63, 3.8) is 0 Å². The molecular weight excluding hydrogens is 288 g/mol. The molecule has 0 atom stereocenters. The van der Waals surface area contributed by atoms with Gasteiger partial charge in [-0.05, 0) is 47.6 Å². The molecule has 0 saturated carbocycles. The molecule has 5 heteroatoms. The molecule has 0 aliphatic carbocycles. The number of carbonyl (C=O) groups is 1. The van der Waals surface area contributed by atoms with E-state index in [0.29, 0.717) is 6.54 Å². The van der Waals surface area contributed by atoms with E-state index in [2.05, 4.69) is 26.1 Å². The van der Waals surface area contributed by atoms with E-state index in [-0.39, 0.29) is 5.78 Å². The smallest absolute Gasteiger partial charge is 0.186 e. The molecule has 1 aliphatic rings. The van der Waals surface area contributed by atoms with Crippen molar-refractivity contribution in [1.82, 2.24) is 10.2 Å². The summed E-state index contributed by atoms with van der Waals surface area (Å²) in [5, 5.41) is 3.34. The molecule has 1 fully saturated rings. The summed E-state index contributed by atoms with van der Waals surface area (Å²) in [5.74, 6) is 0.234. The Hall–Kier alpha value is -0.230. The van der Waals surface area contributed by atoms with E-state index in [1.54, 1.807) is 0 Å². The number of carbonyl (C=O) groups excluding carboxylic acids is 1. The predicted molar refractivity (Wildman–Crippen MR) is 70.3 cm³/mol. The van der Waals surface area contributed by atoms with Gasteiger partial charge in [-0.15, -0.1) is 11.3 Å². The minimum Gasteiger partial charge on any atom is -0.315 e. The minimum atomic E-state index is 0.234. The molecule has 0 amide bonds. The minimum absolute atomic E-state index is 0.234. The monoisotopic (exact) mass is 302 g/mol. The zero-order valence-electron chi connectivity index (χ0n) is 9.04. The van der Waals surface area contributed by atoms with Gasteiger partial charge >= 0.3 is 0 Å². The highest BCUT2D eigenvalue weighted by atomic mass is 79.9. The number of ketones is 1. The molecule has 2 heterocycles. The maximum Gasteiger partial charge on any atom is 0.186 e. The van der Waals surface area contributed by atoms with Crippen molar-refractivity contribution in [2.24, 2.45) is 0 Å². The van der Waals surface area contributed by atoms with Crippen LogP contribution in [0.5, 0.6) is 0 Å². The van der Waals surface area contributed by atoms with Gasteiger partial charge in [-0.1, -0.05) is 0 Å². The highest BCUT2D eigenvalue weighted by Crippen LogP contribution is 2.22. The number of nitrogens with one attached hydrogen (secondary N) is 1. The third-order valence-electron chi connectivity index (χ3n) is 2.65. The lowest BCUT2D eigenvalue weighted by atomic mass is 10.3. The van der Waals surface area contributed by atoms with Crippen LogP contribution in [0.15, 0.2) is 15.9 Å². The molecule has 3 nitrogen and oxygen atoms in total. The molecule has 1 N–H and O–H groups in total. The van der Waals surface area contributed by atoms with Crippen molar-refractivity contribution in [2.45, 2.75) is 6.42 Å². The Balaban J connectivity index is 1.90. The Labute approximate surface area is 108 Å². The quantitative estimate of drug-likeness (QED) is 0.867. The normalized spacial score (nSPS) is 18.3. The van der Waals surface area contributed by atoms with Gasteiger partial charge in [-0.3, -0.25) is 9.69 Å². The molecule has 88 valence electrons. The molecule has 0 aromatic carbocycles. The summed E-state index contributed by atoms with van der Waals surface area (Å²) in [5.41, 5.74) is 0. The first kappa shape index (κ1) is 12.2. The van der Waals surface area contributed by atoms with E-state index in [9.17, 15) is 4.79 Å². The van der Waals surface area contributed by atoms with E-state index in [4.69, 9.17) is 0 Å². The van der Waals surface area contributed by atoms with Crippen molar-refractivity contribution >= 4 is 33.0 Å². The van der Waals surface area contributed by atoms with Crippen molar-refractivity contribution in [1.29, 1.82) is 0 Å². The van der Waals surface area contributed by atoms with Gasteiger partial charge in [-0.2, -0.15) is 0 Å². The molecule has 1 aromatic rings. The van der Waals surface area contributed by atoms with E-state index < -0.39 is 0 Å². The van der Waals surface area contributed by atoms with Crippen LogP contribution in [0, 0.1) is 0 Å². The molecule has 0 spiro atoms. The number of Topliss-reactive ketones (excluding diaryl/α,β-unsaturated/α-hetero) is 1. The predicted octanol–water partition coefficient (Wildman–Crippen LogP) is 1.99. The number of hydrogen-bond donors (Lipinski definition) is 1. The van der Waals surface area contributed by atoms with Crippen LogP contribution in [0.25, 0.3) is 0 Å². The standard InChI is InChI=1S/C11H15BrN2OS/c12-11-3-2-10(16-11)9(15)8-14-6-1-4-13-5-7-14/h2-3,13H,1,4-8H2. The second-order valence-electron chi connectivity index (χ2n) is 3.91. The Morgan fingerprint density at radius 3 is 3.06 bits per heavy atom. The summed E-state index contributed by atoms with van der Waals surface area (Å²) in [6.07, 6.45) is 1.13. The van der Waals surface area contributed by atoms with Crippen LogP contribution in [0.1, 0.15) is 16.1 Å². The summed E-state index contributed by atoms with van der Waals surface area (Å²) in [6.45, 7) is 4.59. The lowest BCUT2D eigenvalue weighted by molar-refractivity contribution is 0.0939. The van der Waals surface area contributed by atoms with Gasteiger partial charge in [0.2, 0.25) is 0 Å². The van der Waals surface area contributed by atoms with Crippen molar-refractivity contribution in [2.75, 3.05) is 32.7 Å². The zero-order valence-corrected chi connectivity index (χ0v) is 11.4. The third kappa shape index (κ3) is 3.38. The van der Waals surface area contributed by atoms with Gasteiger partial charge in [0.25, 0.3) is 0 Å². The highest BCUT2D eigenvalue weighted by Gasteiger charge is 2.15. The first-order valence-corrected chi connectivity index (χ1v) is 7.08. The van der Waals surface area contributed by atoms with Gasteiger partial charge in [0, 0.05) is 13.1 Å². The molecule has 0 bridgehead atoms. The molecule has 16 heavy (non-hydrogen) atoms. The second kappa shape index (κ2) is 5.91. The van der Waals surface area contributed by atoms with Crippen molar-refractivity contribution in [3.05, 3.63) is 20.8 Å². The molecule has 1 aliphatic heterocycles. The number of thiophene rings is 1. The maximum absolute atomic E-state index is 12.0. The maximum atomic E-state index is 12.0. The summed E-state index contributed by atoms with van der Waals surface area (Å²) in [6, 6.07) is 3.83. The van der Waals surface area contributed by atoms with Gasteiger partial charge in [-0.25, -0.2) is 0 Å². The fraction of sp³-hybridized carbons (Fsp3) is 0.545. The lowest BCUT2D eigenvalue weighted by Crippen LogP contribution is -2.32. The Morgan fingerprint density at radius 2 is 2.31 bits per heavy atom. The van der Waals surface area contributed by atoms with Crippen molar-refractivity contribution < 1.29 is 4.79 Å². The van der Waals surface area contributed by atoms with E-state index in [0.717, 1.165) is 41.3 Å². The average Bonchev–Trinajstić information content (AvgIpc) is 2.54. The number of rotatable bonds is 3. The zero-order chi connectivity index (χ0) is 11.4. The Morgan fingerprint density at radius 1 is 1.44 bits per heavy atom. The van der Waals surface area contributed by atoms with Crippen LogP contribution < -0.4 is 5.32 Å². The average molecular weight is 303 g/mol. The van der Waals surface area contributed by atoms with Crippen LogP contribution in [-0.4, -0.2) is 43.4 Å². The van der Waals surface area contributed by atoms with Gasteiger partial charge in [0.05, 0.1) is 15.2 Å². The van der Waals surface area contributed by atoms with E-state index in [1.165, 1.54) is 11.3 Å². The van der Waals surface area contributed by atoms with Crippen LogP contribution in [0.4, 0.5) is 0 Å². The molecular formula is C11H15BrN2OS. The third-order valence-corrected chi connectivity index (χ3v) is 4.31. The first-order valence-electron chi connectivity index (χ1n) is 5.47. The summed E-state index contributed by atoms with van der Waals surface area (Å²) < 4.78 is 1.02. The summed E-state index contributed by atoms with van der Waals surface area (Å²) in [4.78, 5) is 15.0. The van der Waals surface area contributed by atoms with Gasteiger partial charge in [0.15, 0.2) is 5.78 Å². The molecule has 0 radical (unpaired) electrons. The largest absolute Gasteiger partial charge is 0.315 e. The van der Waals surface area contributed by atoms with E-state index in [1.807, 2.05) is 12.1 Å². The highest BCUT2D eigenvalue weighted by molar-refractivity contribution is 9.11. The molecule has 2 rings (SSSR count). The summed E-state index contributed by atoms with van der Waals surface area (Å²) >= 11 is 4.90. The number of hydrogen-bond acceptors (Lipinski definition) is 4. The van der Waals surface area contributed by atoms with Crippen LogP contribution in [0.2, 0.25) is 0 Å². The fourth-order valence-electron chi connectivity index (χ4n) is 1.80. The van der Waals surface area contributed by atoms with Crippen LogP contribution >= 0.6 is 27.3 Å². The summed E-state index contributed by atoms with van der Waals surface area (Å²) in [7, 11) is 0. The van der Waals surface area contributed by atoms with Gasteiger partial charge in [0.1, 0.15) is 0 Å². The molecule has 1 saturated heterocycles. The molecule has 0 unspecified atom stereocenters. The Bertz CT molecular complexity index is 359. The van der Waals surface area contributed by atoms with Crippen LogP contribution in [-0.2, 0) is 0 Å². The number of halogens is 1. The van der Waals surface area contributed by atoms with E-state index >= 15 is 0 Å². The van der Waals surface area contributed by atoms with Crippen molar-refractivity contribution in [3.8, 4) is 0 Å². The fourth-order valence-corrected chi connectivity index (χ4v) is 3.12. The SMILES string of the molecule is O=C(CN1CCCNCC1)c1ccc(Br)s1. The van der Waals surface area contributed by atoms with Gasteiger partial charge < -0.3 is 5.32 Å². The molecule has 1 aromatic heterocycles. The lowest BCUT2D eigenvalue weighted by Gasteiger charge is -2.17. The van der Waals surface area contributed by atoms with Crippen LogP contribution in [0.3, 0.4) is 0 Å². The number of nitrogens with zero attached hydrogens (tertiary/aromatic N) is 1. The second-order valence-corrected chi connectivity index (χ2v) is 6.37. The Kier molecular flexibility index (Phi) is 4.52. The topological polar surface area (TPSA) is 32.3 Å².